The average Bonchev–Trinajstić information content (AvgIpc) is 3.10. The van der Waals surface area contributed by atoms with E-state index >= 15 is 0 Å². The maximum Gasteiger partial charge on any atom is 0.280 e. The summed E-state index contributed by atoms with van der Waals surface area (Å²) in [4.78, 5) is 34.3. The number of ether oxygens (including phenoxy) is 1. The highest BCUT2D eigenvalue weighted by Gasteiger charge is 2.52. The van der Waals surface area contributed by atoms with Crippen molar-refractivity contribution >= 4 is 23.0 Å². The molecule has 1 aliphatic rings. The number of aliphatic hydroxyl groups excluding tert-OH is 1. The van der Waals surface area contributed by atoms with Crippen LogP contribution in [0.5, 0.6) is 0 Å². The minimum absolute atomic E-state index is 0.0285. The lowest BCUT2D eigenvalue weighted by molar-refractivity contribution is -0.118. The molecule has 0 unspecified atom stereocenters. The summed E-state index contributed by atoms with van der Waals surface area (Å²) < 4.78 is 21.2. The Labute approximate surface area is 141 Å². The van der Waals surface area contributed by atoms with Crippen LogP contribution in [0.1, 0.15) is 20.1 Å². The first kappa shape index (κ1) is 17.1. The van der Waals surface area contributed by atoms with Gasteiger partial charge in [-0.15, -0.1) is 6.42 Å². The van der Waals surface area contributed by atoms with Crippen molar-refractivity contribution in [2.24, 2.45) is 5.92 Å². The maximum absolute atomic E-state index is 14.9. The van der Waals surface area contributed by atoms with Crippen LogP contribution in [0.25, 0.3) is 11.2 Å². The van der Waals surface area contributed by atoms with Crippen molar-refractivity contribution in [3.8, 4) is 12.3 Å². The van der Waals surface area contributed by atoms with E-state index in [9.17, 15) is 19.1 Å². The molecule has 0 aliphatic carbocycles. The first-order valence-electron chi connectivity index (χ1n) is 7.52. The van der Waals surface area contributed by atoms with Crippen LogP contribution in [0.3, 0.4) is 0 Å². The van der Waals surface area contributed by atoms with Gasteiger partial charge in [-0.05, 0) is 0 Å². The lowest BCUT2D eigenvalue weighted by atomic mass is 10.0. The molecule has 0 radical (unpaired) electrons. The minimum atomic E-state index is -2.50. The van der Waals surface area contributed by atoms with Gasteiger partial charge >= 0.3 is 0 Å². The number of alkyl halides is 1. The second-order valence-corrected chi connectivity index (χ2v) is 6.00. The Kier molecular flexibility index (Phi) is 4.06. The molecule has 1 fully saturated rings. The SMILES string of the molecule is C#C[C@@]1(F)[C@H](O)CO[C@H]1n1cnc2c(=O)[nH]c(NC(=O)C(C)C)nc21. The molecule has 25 heavy (non-hydrogen) atoms. The van der Waals surface area contributed by atoms with E-state index in [0.29, 0.717) is 0 Å². The molecule has 3 rings (SSSR count). The number of aromatic nitrogens is 4. The Balaban J connectivity index is 2.09. The van der Waals surface area contributed by atoms with E-state index < -0.39 is 23.6 Å². The van der Waals surface area contributed by atoms with Crippen LogP contribution in [-0.4, -0.2) is 48.9 Å². The van der Waals surface area contributed by atoms with Crippen molar-refractivity contribution in [2.45, 2.75) is 31.8 Å². The first-order chi connectivity index (χ1) is 11.8. The number of aromatic amines is 1. The molecule has 0 bridgehead atoms. The van der Waals surface area contributed by atoms with Gasteiger partial charge in [-0.2, -0.15) is 4.98 Å². The fourth-order valence-electron chi connectivity index (χ4n) is 2.46. The molecule has 0 spiro atoms. The minimum Gasteiger partial charge on any atom is -0.386 e. The van der Waals surface area contributed by atoms with Gasteiger partial charge in [0.15, 0.2) is 17.4 Å². The standard InChI is InChI=1S/C15H16FN5O4/c1-4-15(16)8(22)5-25-13(15)21-6-17-9-10(21)18-14(20-12(9)24)19-11(23)7(2)3/h1,6-8,13,22H,5H2,2-3H3,(H2,18,19,20,23,24)/t8-,13-,15-/m1/s1. The van der Waals surface area contributed by atoms with Crippen LogP contribution in [0.4, 0.5) is 10.3 Å². The fourth-order valence-corrected chi connectivity index (χ4v) is 2.46. The molecular weight excluding hydrogens is 333 g/mol. The molecule has 1 saturated heterocycles. The third-order valence-electron chi connectivity index (χ3n) is 3.93. The molecule has 1 amide bonds. The van der Waals surface area contributed by atoms with Crippen molar-refractivity contribution in [3.05, 3.63) is 16.7 Å². The second-order valence-electron chi connectivity index (χ2n) is 6.00. The number of H-pyrrole nitrogens is 1. The van der Waals surface area contributed by atoms with E-state index in [0.717, 1.165) is 10.9 Å². The number of carbonyl (C=O) groups excluding carboxylic acids is 1. The summed E-state index contributed by atoms with van der Waals surface area (Å²) in [5, 5.41) is 12.2. The number of terminal acetylenes is 1. The third-order valence-corrected chi connectivity index (χ3v) is 3.93. The van der Waals surface area contributed by atoms with E-state index in [1.807, 2.05) is 5.92 Å². The van der Waals surface area contributed by atoms with Crippen molar-refractivity contribution in [1.29, 1.82) is 0 Å². The van der Waals surface area contributed by atoms with Crippen LogP contribution < -0.4 is 10.9 Å². The quantitative estimate of drug-likeness (QED) is 0.668. The molecular formula is C15H16FN5O4. The van der Waals surface area contributed by atoms with Gasteiger partial charge in [0, 0.05) is 5.92 Å². The Morgan fingerprint density at radius 1 is 1.68 bits per heavy atom. The topological polar surface area (TPSA) is 122 Å². The zero-order chi connectivity index (χ0) is 18.4. The zero-order valence-corrected chi connectivity index (χ0v) is 13.5. The van der Waals surface area contributed by atoms with E-state index in [1.165, 1.54) is 0 Å². The number of anilines is 1. The number of fused-ring (bicyclic) bond motifs is 1. The number of carbonyl (C=O) groups is 1. The summed E-state index contributed by atoms with van der Waals surface area (Å²) in [7, 11) is 0. The van der Waals surface area contributed by atoms with Gasteiger partial charge in [0.1, 0.15) is 6.10 Å². The summed E-state index contributed by atoms with van der Waals surface area (Å²) in [6.07, 6.45) is 3.43. The zero-order valence-electron chi connectivity index (χ0n) is 13.5. The third kappa shape index (κ3) is 2.67. The Bertz CT molecular complexity index is 930. The van der Waals surface area contributed by atoms with Gasteiger partial charge in [-0.3, -0.25) is 24.5 Å². The summed E-state index contributed by atoms with van der Waals surface area (Å²) in [6, 6.07) is 0. The summed E-state index contributed by atoms with van der Waals surface area (Å²) in [5.41, 5.74) is -3.23. The molecule has 132 valence electrons. The van der Waals surface area contributed by atoms with Gasteiger partial charge in [-0.1, -0.05) is 19.8 Å². The van der Waals surface area contributed by atoms with Crippen LogP contribution in [-0.2, 0) is 9.53 Å². The molecule has 10 heteroatoms. The van der Waals surface area contributed by atoms with Gasteiger partial charge in [-0.25, -0.2) is 9.37 Å². The molecule has 3 N–H and O–H groups in total. The largest absolute Gasteiger partial charge is 0.386 e. The lowest BCUT2D eigenvalue weighted by Gasteiger charge is -2.23. The highest BCUT2D eigenvalue weighted by Crippen LogP contribution is 2.38. The molecule has 3 heterocycles. The van der Waals surface area contributed by atoms with Gasteiger partial charge in [0.2, 0.25) is 17.5 Å². The van der Waals surface area contributed by atoms with Crippen LogP contribution in [0.2, 0.25) is 0 Å². The Morgan fingerprint density at radius 2 is 2.40 bits per heavy atom. The number of rotatable bonds is 3. The van der Waals surface area contributed by atoms with Crippen molar-refractivity contribution in [3.63, 3.8) is 0 Å². The summed E-state index contributed by atoms with van der Waals surface area (Å²) >= 11 is 0. The molecule has 1 aliphatic heterocycles. The number of hydrogen-bond acceptors (Lipinski definition) is 6. The number of amides is 1. The monoisotopic (exact) mass is 349 g/mol. The Hall–Kier alpha value is -2.77. The van der Waals surface area contributed by atoms with Crippen LogP contribution in [0, 0.1) is 18.3 Å². The number of halogens is 1. The lowest BCUT2D eigenvalue weighted by Crippen LogP contribution is -2.39. The number of imidazole rings is 1. The highest BCUT2D eigenvalue weighted by atomic mass is 19.1. The molecule has 0 aromatic carbocycles. The summed E-state index contributed by atoms with van der Waals surface area (Å²) in [6.45, 7) is 3.04. The number of nitrogens with one attached hydrogen (secondary N) is 2. The average molecular weight is 349 g/mol. The van der Waals surface area contributed by atoms with Crippen molar-refractivity contribution in [2.75, 3.05) is 11.9 Å². The molecule has 2 aromatic rings. The van der Waals surface area contributed by atoms with Gasteiger partial charge in [0.05, 0.1) is 12.9 Å². The number of nitrogens with zero attached hydrogens (tertiary/aromatic N) is 3. The molecule has 3 atom stereocenters. The Morgan fingerprint density at radius 3 is 3.04 bits per heavy atom. The van der Waals surface area contributed by atoms with E-state index in [1.54, 1.807) is 13.8 Å². The van der Waals surface area contributed by atoms with Crippen molar-refractivity contribution in [1.82, 2.24) is 19.5 Å². The summed E-state index contributed by atoms with van der Waals surface area (Å²) in [5.74, 6) is 1.10. The van der Waals surface area contributed by atoms with Gasteiger partial charge < -0.3 is 9.84 Å². The van der Waals surface area contributed by atoms with Crippen molar-refractivity contribution < 1.29 is 19.0 Å². The van der Waals surface area contributed by atoms with E-state index in [4.69, 9.17) is 11.2 Å². The van der Waals surface area contributed by atoms with Crippen LogP contribution in [0.15, 0.2) is 11.1 Å². The van der Waals surface area contributed by atoms with Gasteiger partial charge in [0.25, 0.3) is 5.56 Å². The predicted molar refractivity (Wildman–Crippen MR) is 85.3 cm³/mol. The fraction of sp³-hybridized carbons (Fsp3) is 0.467. The second kappa shape index (κ2) is 5.94. The number of aliphatic hydroxyl groups is 1. The number of hydrogen-bond donors (Lipinski definition) is 3. The maximum atomic E-state index is 14.9. The van der Waals surface area contributed by atoms with Crippen LogP contribution >= 0.6 is 0 Å². The van der Waals surface area contributed by atoms with E-state index in [2.05, 4.69) is 20.3 Å². The first-order valence-corrected chi connectivity index (χ1v) is 7.52. The highest BCUT2D eigenvalue weighted by molar-refractivity contribution is 5.91. The molecule has 9 nitrogen and oxygen atoms in total. The molecule has 0 saturated carbocycles. The van der Waals surface area contributed by atoms with E-state index in [-0.39, 0.29) is 35.5 Å². The normalized spacial score (nSPS) is 26.1. The smallest absolute Gasteiger partial charge is 0.280 e. The predicted octanol–water partition coefficient (Wildman–Crippen LogP) is -0.0547. The molecule has 2 aromatic heterocycles.